The number of aryl methyl sites for hydroxylation is 1. The highest BCUT2D eigenvalue weighted by Crippen LogP contribution is 2.45. The van der Waals surface area contributed by atoms with E-state index in [0.29, 0.717) is 12.4 Å². The number of carbonyl (C=O) groups excluding carboxylic acids is 1. The molecule has 4 rings (SSSR count). The number of hydrogen-bond donors (Lipinski definition) is 0. The van der Waals surface area contributed by atoms with Crippen LogP contribution in [0.2, 0.25) is 0 Å². The second kappa shape index (κ2) is 7.43. The molecule has 27 heavy (non-hydrogen) atoms. The number of hydrogen-bond acceptors (Lipinski definition) is 6. The van der Waals surface area contributed by atoms with Crippen molar-refractivity contribution in [2.24, 2.45) is 0 Å². The lowest BCUT2D eigenvalue weighted by molar-refractivity contribution is -0.146. The van der Waals surface area contributed by atoms with Crippen molar-refractivity contribution in [1.29, 1.82) is 0 Å². The van der Waals surface area contributed by atoms with Gasteiger partial charge in [0.05, 0.1) is 19.1 Å². The topological polar surface area (TPSA) is 68.5 Å². The number of carbonyl (C=O) groups is 1. The number of ether oxygens (including phenoxy) is 1. The molecule has 1 aliphatic heterocycles. The Bertz CT molecular complexity index is 793. The summed E-state index contributed by atoms with van der Waals surface area (Å²) in [6.45, 7) is 3.45. The molecule has 2 aromatic rings. The highest BCUT2D eigenvalue weighted by Gasteiger charge is 2.42. The normalized spacial score (nSPS) is 22.2. The summed E-state index contributed by atoms with van der Waals surface area (Å²) in [7, 11) is 1.44. The molecule has 2 fully saturated rings. The van der Waals surface area contributed by atoms with Crippen molar-refractivity contribution in [3.63, 3.8) is 0 Å². The molecule has 1 saturated heterocycles. The molecule has 2 heterocycles. The fourth-order valence-corrected chi connectivity index (χ4v) is 4.60. The molecule has 6 nitrogen and oxygen atoms in total. The van der Waals surface area contributed by atoms with Crippen LogP contribution in [0, 0.1) is 6.92 Å². The minimum absolute atomic E-state index is 0.151. The van der Waals surface area contributed by atoms with Crippen LogP contribution in [0.1, 0.15) is 61.4 Å². The van der Waals surface area contributed by atoms with E-state index in [0.717, 1.165) is 38.1 Å². The van der Waals surface area contributed by atoms with Crippen molar-refractivity contribution in [2.75, 3.05) is 13.7 Å². The Morgan fingerprint density at radius 2 is 2.00 bits per heavy atom. The Morgan fingerprint density at radius 1 is 1.26 bits per heavy atom. The molecule has 0 unspecified atom stereocenters. The lowest BCUT2D eigenvalue weighted by Crippen LogP contribution is -2.36. The third-order valence-electron chi connectivity index (χ3n) is 6.13. The highest BCUT2D eigenvalue weighted by molar-refractivity contribution is 5.75. The predicted molar refractivity (Wildman–Crippen MR) is 100 cm³/mol. The monoisotopic (exact) mass is 369 g/mol. The van der Waals surface area contributed by atoms with Crippen molar-refractivity contribution in [3.8, 4) is 0 Å². The highest BCUT2D eigenvalue weighted by atomic mass is 16.5. The van der Waals surface area contributed by atoms with Gasteiger partial charge in [-0.3, -0.25) is 9.69 Å². The Labute approximate surface area is 159 Å². The minimum atomic E-state index is -0.206. The Balaban J connectivity index is 1.57. The first-order chi connectivity index (χ1) is 13.1. The number of rotatable bonds is 5. The van der Waals surface area contributed by atoms with Gasteiger partial charge in [-0.2, -0.15) is 4.98 Å². The van der Waals surface area contributed by atoms with Gasteiger partial charge in [0.15, 0.2) is 5.82 Å². The van der Waals surface area contributed by atoms with Crippen molar-refractivity contribution in [3.05, 3.63) is 47.1 Å². The zero-order chi connectivity index (χ0) is 18.9. The Morgan fingerprint density at radius 3 is 2.70 bits per heavy atom. The third-order valence-corrected chi connectivity index (χ3v) is 6.13. The SMILES string of the molecule is COC(=O)[C@@H]1CCCN1Cc1nc(C2(c3ccc(C)cc3)CCCC2)no1. The zero-order valence-corrected chi connectivity index (χ0v) is 16.1. The Hall–Kier alpha value is -2.21. The summed E-state index contributed by atoms with van der Waals surface area (Å²) >= 11 is 0. The van der Waals surface area contributed by atoms with E-state index in [9.17, 15) is 4.79 Å². The minimum Gasteiger partial charge on any atom is -0.468 e. The smallest absolute Gasteiger partial charge is 0.323 e. The van der Waals surface area contributed by atoms with Gasteiger partial charge in [-0.1, -0.05) is 47.8 Å². The van der Waals surface area contributed by atoms with Crippen molar-refractivity contribution in [2.45, 2.75) is 63.5 Å². The summed E-state index contributed by atoms with van der Waals surface area (Å²) in [4.78, 5) is 18.8. The fourth-order valence-electron chi connectivity index (χ4n) is 4.60. The average molecular weight is 369 g/mol. The van der Waals surface area contributed by atoms with Crippen molar-refractivity contribution in [1.82, 2.24) is 15.0 Å². The zero-order valence-electron chi connectivity index (χ0n) is 16.1. The molecular weight excluding hydrogens is 342 g/mol. The molecule has 1 aromatic heterocycles. The van der Waals surface area contributed by atoms with Gasteiger partial charge in [0, 0.05) is 0 Å². The second-order valence-corrected chi connectivity index (χ2v) is 7.82. The van der Waals surface area contributed by atoms with E-state index in [1.165, 1.54) is 31.1 Å². The number of esters is 1. The van der Waals surface area contributed by atoms with Gasteiger partial charge >= 0.3 is 5.97 Å². The van der Waals surface area contributed by atoms with Crippen LogP contribution in [-0.2, 0) is 21.5 Å². The number of nitrogens with zero attached hydrogens (tertiary/aromatic N) is 3. The molecule has 0 N–H and O–H groups in total. The van der Waals surface area contributed by atoms with E-state index in [2.05, 4.69) is 41.2 Å². The summed E-state index contributed by atoms with van der Waals surface area (Å²) in [5.74, 6) is 1.19. The van der Waals surface area contributed by atoms with Gasteiger partial charge in [-0.15, -0.1) is 0 Å². The van der Waals surface area contributed by atoms with Crippen molar-refractivity contribution < 1.29 is 14.1 Å². The Kier molecular flexibility index (Phi) is 5.00. The lowest BCUT2D eigenvalue weighted by Gasteiger charge is -2.26. The molecule has 144 valence electrons. The number of likely N-dealkylation sites (tertiary alicyclic amines) is 1. The van der Waals surface area contributed by atoms with Crippen LogP contribution in [-0.4, -0.2) is 40.7 Å². The summed E-state index contributed by atoms with van der Waals surface area (Å²) in [6.07, 6.45) is 6.24. The first-order valence-electron chi connectivity index (χ1n) is 9.84. The molecule has 1 aromatic carbocycles. The molecule has 0 bridgehead atoms. The number of benzene rings is 1. The molecule has 1 saturated carbocycles. The first-order valence-corrected chi connectivity index (χ1v) is 9.84. The van der Waals surface area contributed by atoms with E-state index in [1.54, 1.807) is 0 Å². The molecule has 2 aliphatic rings. The van der Waals surface area contributed by atoms with Gasteiger partial charge in [0.25, 0.3) is 0 Å². The number of methoxy groups -OCH3 is 1. The molecule has 0 radical (unpaired) electrons. The third kappa shape index (κ3) is 3.38. The van der Waals surface area contributed by atoms with E-state index in [4.69, 9.17) is 14.2 Å². The van der Waals surface area contributed by atoms with Gasteiger partial charge in [0.1, 0.15) is 6.04 Å². The maximum Gasteiger partial charge on any atom is 0.323 e. The van der Waals surface area contributed by atoms with E-state index in [1.807, 2.05) is 0 Å². The maximum absolute atomic E-state index is 12.0. The van der Waals surface area contributed by atoms with E-state index < -0.39 is 0 Å². The maximum atomic E-state index is 12.0. The fraction of sp³-hybridized carbons (Fsp3) is 0.571. The summed E-state index contributed by atoms with van der Waals surface area (Å²) in [6, 6.07) is 8.50. The number of aromatic nitrogens is 2. The van der Waals surface area contributed by atoms with Gasteiger partial charge in [0.2, 0.25) is 5.89 Å². The molecule has 1 aliphatic carbocycles. The van der Waals surface area contributed by atoms with E-state index >= 15 is 0 Å². The lowest BCUT2D eigenvalue weighted by atomic mass is 9.78. The largest absolute Gasteiger partial charge is 0.468 e. The van der Waals surface area contributed by atoms with Crippen LogP contribution in [0.25, 0.3) is 0 Å². The van der Waals surface area contributed by atoms with Crippen LogP contribution >= 0.6 is 0 Å². The van der Waals surface area contributed by atoms with Gasteiger partial charge in [-0.05, 0) is 44.7 Å². The summed E-state index contributed by atoms with van der Waals surface area (Å²) in [5.41, 5.74) is 2.37. The molecule has 0 spiro atoms. The molecular formula is C21H27N3O3. The van der Waals surface area contributed by atoms with Crippen LogP contribution in [0.3, 0.4) is 0 Å². The molecule has 0 amide bonds. The quantitative estimate of drug-likeness (QED) is 0.753. The van der Waals surface area contributed by atoms with Gasteiger partial charge in [-0.25, -0.2) is 0 Å². The molecule has 1 atom stereocenters. The second-order valence-electron chi connectivity index (χ2n) is 7.82. The van der Waals surface area contributed by atoms with E-state index in [-0.39, 0.29) is 17.4 Å². The van der Waals surface area contributed by atoms with Crippen LogP contribution < -0.4 is 0 Å². The molecule has 6 heteroatoms. The van der Waals surface area contributed by atoms with Crippen LogP contribution in [0.5, 0.6) is 0 Å². The van der Waals surface area contributed by atoms with Crippen LogP contribution in [0.15, 0.2) is 28.8 Å². The van der Waals surface area contributed by atoms with Gasteiger partial charge < -0.3 is 9.26 Å². The van der Waals surface area contributed by atoms with Crippen molar-refractivity contribution >= 4 is 5.97 Å². The van der Waals surface area contributed by atoms with Crippen LogP contribution in [0.4, 0.5) is 0 Å². The average Bonchev–Trinajstić information content (AvgIpc) is 3.43. The standard InChI is InChI=1S/C21H27N3O3/c1-15-7-9-16(10-8-15)21(11-3-4-12-21)20-22-18(27-23-20)14-24-13-5-6-17(24)19(25)26-2/h7-10,17H,3-6,11-14H2,1-2H3/t17-/m0/s1. The summed E-state index contributed by atoms with van der Waals surface area (Å²) < 4.78 is 10.5. The summed E-state index contributed by atoms with van der Waals surface area (Å²) in [5, 5.41) is 4.37. The predicted octanol–water partition coefficient (Wildman–Crippen LogP) is 3.38. The first kappa shape index (κ1) is 18.2.